The maximum atomic E-state index is 12.0. The number of primary amides is 1. The molecule has 1 unspecified atom stereocenters. The van der Waals surface area contributed by atoms with E-state index in [1.807, 2.05) is 0 Å². The van der Waals surface area contributed by atoms with Crippen LogP contribution in [0.15, 0.2) is 36.0 Å². The van der Waals surface area contributed by atoms with Gasteiger partial charge >= 0.3 is 5.97 Å². The first kappa shape index (κ1) is 18.7. The molecule has 1 aromatic rings. The molecule has 5 N–H and O–H groups in total. The number of hydrogen-bond acceptors (Lipinski definition) is 5. The quantitative estimate of drug-likeness (QED) is 0.430. The summed E-state index contributed by atoms with van der Waals surface area (Å²) in [5.41, 5.74) is 5.70. The van der Waals surface area contributed by atoms with E-state index in [4.69, 9.17) is 16.1 Å². The molecule has 0 fully saturated rings. The van der Waals surface area contributed by atoms with E-state index in [-0.39, 0.29) is 11.5 Å². The maximum Gasteiger partial charge on any atom is 0.326 e. The van der Waals surface area contributed by atoms with Crippen molar-refractivity contribution in [1.29, 1.82) is 5.26 Å². The molecule has 1 atom stereocenters. The van der Waals surface area contributed by atoms with Crippen molar-refractivity contribution in [1.82, 2.24) is 5.32 Å². The lowest BCUT2D eigenvalue weighted by atomic mass is 10.0. The number of nitrogens with one attached hydrogen (secondary N) is 2. The highest BCUT2D eigenvalue weighted by molar-refractivity contribution is 5.99. The summed E-state index contributed by atoms with van der Waals surface area (Å²) >= 11 is 0. The van der Waals surface area contributed by atoms with Gasteiger partial charge in [0.1, 0.15) is 17.7 Å². The molecular formula is C16H18N4O4. The third-order valence-corrected chi connectivity index (χ3v) is 3.14. The van der Waals surface area contributed by atoms with Gasteiger partial charge in [0.05, 0.1) is 0 Å². The summed E-state index contributed by atoms with van der Waals surface area (Å²) in [5.74, 6) is -2.87. The molecule has 8 nitrogen and oxygen atoms in total. The molecule has 8 heteroatoms. The molecule has 1 aromatic carbocycles. The standard InChI is InChI=1S/C16H18N4O4/c1-9(2)13(16(23)24)20-15(22)11(7-17)8-19-12-5-3-10(4-6-12)14(18)21/h3-6,8-9,13,19H,1-2H3,(H2,18,21)(H,20,22)(H,23,24)/b11-8-. The predicted octanol–water partition coefficient (Wildman–Crippen LogP) is 0.830. The Morgan fingerprint density at radius 3 is 2.25 bits per heavy atom. The van der Waals surface area contributed by atoms with Gasteiger partial charge in [-0.15, -0.1) is 0 Å². The Hall–Kier alpha value is -3.34. The zero-order valence-electron chi connectivity index (χ0n) is 13.2. The van der Waals surface area contributed by atoms with Crippen molar-refractivity contribution in [3.05, 3.63) is 41.6 Å². The van der Waals surface area contributed by atoms with Crippen molar-refractivity contribution in [3.8, 4) is 6.07 Å². The van der Waals surface area contributed by atoms with E-state index in [9.17, 15) is 14.4 Å². The number of rotatable bonds is 7. The molecule has 24 heavy (non-hydrogen) atoms. The second-order valence-electron chi connectivity index (χ2n) is 5.29. The van der Waals surface area contributed by atoms with Crippen LogP contribution in [0.4, 0.5) is 5.69 Å². The van der Waals surface area contributed by atoms with Crippen molar-refractivity contribution < 1.29 is 19.5 Å². The van der Waals surface area contributed by atoms with Gasteiger partial charge in [-0.2, -0.15) is 5.26 Å². The second-order valence-corrected chi connectivity index (χ2v) is 5.29. The molecule has 0 spiro atoms. The summed E-state index contributed by atoms with van der Waals surface area (Å²) in [5, 5.41) is 23.1. The zero-order valence-corrected chi connectivity index (χ0v) is 13.2. The summed E-state index contributed by atoms with van der Waals surface area (Å²) in [6.07, 6.45) is 1.16. The van der Waals surface area contributed by atoms with E-state index in [1.54, 1.807) is 32.0 Å². The topological polar surface area (TPSA) is 145 Å². The van der Waals surface area contributed by atoms with Crippen LogP contribution in [0.1, 0.15) is 24.2 Å². The number of amides is 2. The molecule has 0 saturated carbocycles. The van der Waals surface area contributed by atoms with Crippen molar-refractivity contribution in [2.75, 3.05) is 5.32 Å². The van der Waals surface area contributed by atoms with Crippen LogP contribution >= 0.6 is 0 Å². The number of carbonyl (C=O) groups is 3. The first-order chi connectivity index (χ1) is 11.3. The number of carboxylic acids is 1. The van der Waals surface area contributed by atoms with Crippen LogP contribution in [-0.2, 0) is 9.59 Å². The number of hydrogen-bond donors (Lipinski definition) is 4. The normalized spacial score (nSPS) is 12.2. The highest BCUT2D eigenvalue weighted by Crippen LogP contribution is 2.10. The first-order valence-electron chi connectivity index (χ1n) is 7.06. The van der Waals surface area contributed by atoms with Gasteiger partial charge in [0.2, 0.25) is 5.91 Å². The fourth-order valence-electron chi connectivity index (χ4n) is 1.77. The molecule has 0 aliphatic carbocycles. The summed E-state index contributed by atoms with van der Waals surface area (Å²) in [6, 6.07) is 6.70. The van der Waals surface area contributed by atoms with Crippen LogP contribution in [0.2, 0.25) is 0 Å². The lowest BCUT2D eigenvalue weighted by Crippen LogP contribution is -2.44. The Bertz CT molecular complexity index is 702. The Morgan fingerprint density at radius 2 is 1.83 bits per heavy atom. The average molecular weight is 330 g/mol. The van der Waals surface area contributed by atoms with Crippen LogP contribution in [0.3, 0.4) is 0 Å². The van der Waals surface area contributed by atoms with E-state index < -0.39 is 23.8 Å². The molecule has 0 aromatic heterocycles. The van der Waals surface area contributed by atoms with Gasteiger partial charge in [0.25, 0.3) is 5.91 Å². The van der Waals surface area contributed by atoms with Gasteiger partial charge < -0.3 is 21.5 Å². The third-order valence-electron chi connectivity index (χ3n) is 3.14. The molecule has 126 valence electrons. The minimum Gasteiger partial charge on any atom is -0.480 e. The summed E-state index contributed by atoms with van der Waals surface area (Å²) < 4.78 is 0. The van der Waals surface area contributed by atoms with Crippen molar-refractivity contribution in [2.24, 2.45) is 11.7 Å². The van der Waals surface area contributed by atoms with Crippen LogP contribution in [0.25, 0.3) is 0 Å². The minimum absolute atomic E-state index is 0.277. The van der Waals surface area contributed by atoms with E-state index in [0.717, 1.165) is 6.20 Å². The predicted molar refractivity (Wildman–Crippen MR) is 86.7 cm³/mol. The summed E-state index contributed by atoms with van der Waals surface area (Å²) in [7, 11) is 0. The number of nitrogens with zero attached hydrogens (tertiary/aromatic N) is 1. The van der Waals surface area contributed by atoms with Crippen molar-refractivity contribution in [3.63, 3.8) is 0 Å². The van der Waals surface area contributed by atoms with Crippen LogP contribution in [0, 0.1) is 17.2 Å². The molecule has 0 bridgehead atoms. The molecule has 2 amide bonds. The summed E-state index contributed by atoms with van der Waals surface area (Å²) in [4.78, 5) is 34.0. The van der Waals surface area contributed by atoms with Crippen molar-refractivity contribution in [2.45, 2.75) is 19.9 Å². The SMILES string of the molecule is CC(C)C(NC(=O)/C(C#N)=C\Nc1ccc(C(N)=O)cc1)C(=O)O. The Balaban J connectivity index is 2.83. The Kier molecular flexibility index (Phi) is 6.50. The van der Waals surface area contributed by atoms with E-state index >= 15 is 0 Å². The minimum atomic E-state index is -1.18. The van der Waals surface area contributed by atoms with E-state index in [1.165, 1.54) is 12.1 Å². The monoisotopic (exact) mass is 330 g/mol. The Labute approximate surface area is 139 Å². The number of nitrogens with two attached hydrogens (primary N) is 1. The largest absolute Gasteiger partial charge is 0.480 e. The molecule has 0 radical (unpaired) electrons. The molecule has 1 rings (SSSR count). The lowest BCUT2D eigenvalue weighted by molar-refractivity contribution is -0.142. The third kappa shape index (κ3) is 5.14. The first-order valence-corrected chi connectivity index (χ1v) is 7.06. The van der Waals surface area contributed by atoms with Gasteiger partial charge in [0, 0.05) is 17.5 Å². The smallest absolute Gasteiger partial charge is 0.326 e. The fourth-order valence-corrected chi connectivity index (χ4v) is 1.77. The molecule has 0 aliphatic rings. The second kappa shape index (κ2) is 8.33. The number of carboxylic acid groups (broad SMARTS) is 1. The zero-order chi connectivity index (χ0) is 18.3. The van der Waals surface area contributed by atoms with Crippen molar-refractivity contribution >= 4 is 23.5 Å². The van der Waals surface area contributed by atoms with Crippen LogP contribution in [-0.4, -0.2) is 28.9 Å². The highest BCUT2D eigenvalue weighted by atomic mass is 16.4. The number of carbonyl (C=O) groups excluding carboxylic acids is 2. The van der Waals surface area contributed by atoms with Gasteiger partial charge in [0.15, 0.2) is 0 Å². The summed E-state index contributed by atoms with van der Waals surface area (Å²) in [6.45, 7) is 3.29. The van der Waals surface area contributed by atoms with Gasteiger partial charge in [-0.1, -0.05) is 13.8 Å². The highest BCUT2D eigenvalue weighted by Gasteiger charge is 2.24. The van der Waals surface area contributed by atoms with E-state index in [0.29, 0.717) is 11.3 Å². The van der Waals surface area contributed by atoms with Gasteiger partial charge in [-0.05, 0) is 30.2 Å². The maximum absolute atomic E-state index is 12.0. The molecular weight excluding hydrogens is 312 g/mol. The molecule has 0 saturated heterocycles. The molecule has 0 aliphatic heterocycles. The number of aliphatic carboxylic acids is 1. The van der Waals surface area contributed by atoms with E-state index in [2.05, 4.69) is 10.6 Å². The fraction of sp³-hybridized carbons (Fsp3) is 0.250. The lowest BCUT2D eigenvalue weighted by Gasteiger charge is -2.17. The van der Waals surface area contributed by atoms with Gasteiger partial charge in [-0.25, -0.2) is 4.79 Å². The number of anilines is 1. The number of nitriles is 1. The Morgan fingerprint density at radius 1 is 1.25 bits per heavy atom. The van der Waals surface area contributed by atoms with Crippen LogP contribution in [0.5, 0.6) is 0 Å². The molecule has 0 heterocycles. The van der Waals surface area contributed by atoms with Crippen LogP contribution < -0.4 is 16.4 Å². The van der Waals surface area contributed by atoms with Gasteiger partial charge in [-0.3, -0.25) is 9.59 Å². The average Bonchev–Trinajstić information content (AvgIpc) is 2.52. The number of benzene rings is 1.